The third-order valence-electron chi connectivity index (χ3n) is 1.20. The van der Waals surface area contributed by atoms with Gasteiger partial charge in [-0.25, -0.2) is 4.98 Å². The first-order valence-electron chi connectivity index (χ1n) is 3.01. The average Bonchev–Trinajstić information content (AvgIpc) is 1.98. The van der Waals surface area contributed by atoms with E-state index in [2.05, 4.69) is 14.2 Å². The Morgan fingerprint density at radius 1 is 1.73 bits per heavy atom. The number of hydrogen-bond donors (Lipinski definition) is 0. The lowest BCUT2D eigenvalue weighted by Crippen LogP contribution is -1.96. The van der Waals surface area contributed by atoms with E-state index in [-0.39, 0.29) is 0 Å². The number of nitrogens with zero attached hydrogens (tertiary/aromatic N) is 2. The first-order chi connectivity index (χ1) is 5.24. The lowest BCUT2D eigenvalue weighted by atomic mass is 10.2. The van der Waals surface area contributed by atoms with Crippen molar-refractivity contribution in [2.24, 2.45) is 0 Å². The Balaban J connectivity index is 3.05. The number of rotatable bonds is 1. The Labute approximate surface area is 72.4 Å². The third-order valence-corrected chi connectivity index (χ3v) is 1.86. The predicted molar refractivity (Wildman–Crippen MR) is 47.9 cm³/mol. The highest BCUT2D eigenvalue weighted by atomic mass is 35.5. The summed E-state index contributed by atoms with van der Waals surface area (Å²) in [5.74, 6) is 0. The highest BCUT2D eigenvalue weighted by Gasteiger charge is 1.99. The van der Waals surface area contributed by atoms with Crippen LogP contribution < -0.4 is 5.30 Å². The molecule has 0 bridgehead atoms. The highest BCUT2D eigenvalue weighted by molar-refractivity contribution is 7.27. The largest absolute Gasteiger partial charge is 0.244 e. The summed E-state index contributed by atoms with van der Waals surface area (Å²) in [6.07, 6.45) is 1.96. The fourth-order valence-electron chi connectivity index (χ4n) is 0.721. The minimum Gasteiger partial charge on any atom is -0.244 e. The zero-order valence-electron chi connectivity index (χ0n) is 5.71. The fraction of sp³-hybridized carbons (Fsp3) is 0.143. The van der Waals surface area contributed by atoms with E-state index < -0.39 is 0 Å². The van der Waals surface area contributed by atoms with Gasteiger partial charge in [0.25, 0.3) is 0 Å². The molecule has 1 heterocycles. The second kappa shape index (κ2) is 3.67. The van der Waals surface area contributed by atoms with Gasteiger partial charge < -0.3 is 0 Å². The van der Waals surface area contributed by atoms with Gasteiger partial charge >= 0.3 is 0 Å². The van der Waals surface area contributed by atoms with Crippen LogP contribution in [0.3, 0.4) is 0 Å². The molecular formula is C7H6ClN2P. The molecule has 1 atom stereocenters. The molecule has 56 valence electrons. The normalized spacial score (nSPS) is 9.18. The molecule has 0 saturated heterocycles. The molecule has 11 heavy (non-hydrogen) atoms. The molecule has 4 heteroatoms. The number of aromatic nitrogens is 1. The topological polar surface area (TPSA) is 36.7 Å². The van der Waals surface area contributed by atoms with Gasteiger partial charge in [-0.05, 0) is 11.4 Å². The van der Waals surface area contributed by atoms with Crippen LogP contribution in [-0.4, -0.2) is 4.98 Å². The van der Waals surface area contributed by atoms with Crippen LogP contribution >= 0.6 is 20.8 Å². The average molecular weight is 185 g/mol. The standard InChI is InChI=1S/C7H6ClN2P/c8-7-5(1-2-9)3-6(11)4-10-7/h3-4H,1,11H2. The van der Waals surface area contributed by atoms with Crippen molar-refractivity contribution in [3.8, 4) is 6.07 Å². The van der Waals surface area contributed by atoms with Gasteiger partial charge in [0.2, 0.25) is 0 Å². The van der Waals surface area contributed by atoms with E-state index in [1.54, 1.807) is 6.20 Å². The lowest BCUT2D eigenvalue weighted by Gasteiger charge is -1.98. The van der Waals surface area contributed by atoms with Gasteiger partial charge in [0, 0.05) is 11.8 Å². The molecule has 0 aliphatic heterocycles. The van der Waals surface area contributed by atoms with Gasteiger partial charge in [-0.3, -0.25) is 0 Å². The molecule has 2 nitrogen and oxygen atoms in total. The molecule has 1 aromatic heterocycles. The summed E-state index contributed by atoms with van der Waals surface area (Å²) in [6.45, 7) is 0. The lowest BCUT2D eigenvalue weighted by molar-refractivity contribution is 1.20. The Hall–Kier alpha value is -0.640. The monoisotopic (exact) mass is 184 g/mol. The molecular weight excluding hydrogens is 179 g/mol. The van der Waals surface area contributed by atoms with Gasteiger partial charge in [0.1, 0.15) is 5.15 Å². The maximum atomic E-state index is 8.39. The van der Waals surface area contributed by atoms with E-state index in [1.165, 1.54) is 0 Å². The van der Waals surface area contributed by atoms with Crippen LogP contribution in [0.25, 0.3) is 0 Å². The van der Waals surface area contributed by atoms with Crippen LogP contribution in [0.1, 0.15) is 5.56 Å². The van der Waals surface area contributed by atoms with Crippen molar-refractivity contribution >= 4 is 26.1 Å². The van der Waals surface area contributed by atoms with Crippen LogP contribution in [0.5, 0.6) is 0 Å². The Morgan fingerprint density at radius 2 is 2.45 bits per heavy atom. The van der Waals surface area contributed by atoms with E-state index in [0.29, 0.717) is 11.6 Å². The fourth-order valence-corrected chi connectivity index (χ4v) is 1.17. The van der Waals surface area contributed by atoms with E-state index in [1.807, 2.05) is 12.1 Å². The molecule has 0 aliphatic carbocycles. The van der Waals surface area contributed by atoms with Crippen LogP contribution in [0.2, 0.25) is 5.15 Å². The summed E-state index contributed by atoms with van der Waals surface area (Å²) in [7, 11) is 2.51. The van der Waals surface area contributed by atoms with Gasteiger partial charge in [-0.1, -0.05) is 11.6 Å². The van der Waals surface area contributed by atoms with E-state index in [9.17, 15) is 0 Å². The first kappa shape index (κ1) is 8.46. The molecule has 0 aromatic carbocycles. The van der Waals surface area contributed by atoms with Gasteiger partial charge in [0.15, 0.2) is 0 Å². The number of hydrogen-bond acceptors (Lipinski definition) is 2. The second-order valence-corrected chi connectivity index (χ2v) is 3.08. The molecule has 0 amide bonds. The van der Waals surface area contributed by atoms with Crippen molar-refractivity contribution < 1.29 is 0 Å². The van der Waals surface area contributed by atoms with Crippen molar-refractivity contribution in [3.63, 3.8) is 0 Å². The SMILES string of the molecule is N#CCc1cc(P)cnc1Cl. The quantitative estimate of drug-likeness (QED) is 0.487. The van der Waals surface area contributed by atoms with Crippen molar-refractivity contribution in [1.82, 2.24) is 4.98 Å². The zero-order valence-corrected chi connectivity index (χ0v) is 7.62. The summed E-state index contributed by atoms with van der Waals surface area (Å²) in [5.41, 5.74) is 0.779. The van der Waals surface area contributed by atoms with E-state index in [0.717, 1.165) is 10.9 Å². The predicted octanol–water partition coefficient (Wildman–Crippen LogP) is 1.30. The van der Waals surface area contributed by atoms with Gasteiger partial charge in [-0.2, -0.15) is 5.26 Å². The molecule has 0 aliphatic rings. The highest BCUT2D eigenvalue weighted by Crippen LogP contribution is 2.11. The third kappa shape index (κ3) is 2.15. The summed E-state index contributed by atoms with van der Waals surface area (Å²) < 4.78 is 0. The van der Waals surface area contributed by atoms with Crippen LogP contribution in [0.15, 0.2) is 12.3 Å². The molecule has 0 N–H and O–H groups in total. The van der Waals surface area contributed by atoms with Gasteiger partial charge in [0.05, 0.1) is 12.5 Å². The van der Waals surface area contributed by atoms with Crippen LogP contribution in [0, 0.1) is 11.3 Å². The maximum absolute atomic E-state index is 8.39. The molecule has 1 unspecified atom stereocenters. The van der Waals surface area contributed by atoms with E-state index in [4.69, 9.17) is 16.9 Å². The summed E-state index contributed by atoms with van der Waals surface area (Å²) in [6, 6.07) is 3.85. The van der Waals surface area contributed by atoms with Crippen molar-refractivity contribution in [2.75, 3.05) is 0 Å². The summed E-state index contributed by atoms with van der Waals surface area (Å²) >= 11 is 5.70. The minimum atomic E-state index is 0.314. The number of halogens is 1. The Morgan fingerprint density at radius 3 is 3.09 bits per heavy atom. The van der Waals surface area contributed by atoms with Crippen LogP contribution in [0.4, 0.5) is 0 Å². The molecule has 0 saturated carbocycles. The van der Waals surface area contributed by atoms with Crippen molar-refractivity contribution in [3.05, 3.63) is 23.0 Å². The Kier molecular flexibility index (Phi) is 2.82. The summed E-state index contributed by atoms with van der Waals surface area (Å²) in [5, 5.41) is 9.75. The molecule has 1 rings (SSSR count). The molecule has 1 aromatic rings. The summed E-state index contributed by atoms with van der Waals surface area (Å²) in [4.78, 5) is 3.89. The maximum Gasteiger partial charge on any atom is 0.133 e. The number of nitriles is 1. The molecule has 0 radical (unpaired) electrons. The van der Waals surface area contributed by atoms with Crippen LogP contribution in [-0.2, 0) is 6.42 Å². The zero-order chi connectivity index (χ0) is 8.27. The smallest absolute Gasteiger partial charge is 0.133 e. The van der Waals surface area contributed by atoms with E-state index >= 15 is 0 Å². The second-order valence-electron chi connectivity index (χ2n) is 2.05. The van der Waals surface area contributed by atoms with Crippen molar-refractivity contribution in [2.45, 2.75) is 6.42 Å². The first-order valence-corrected chi connectivity index (χ1v) is 3.96. The minimum absolute atomic E-state index is 0.314. The Bertz CT molecular complexity index is 306. The number of pyridine rings is 1. The molecule has 0 spiro atoms. The van der Waals surface area contributed by atoms with Gasteiger partial charge in [-0.15, -0.1) is 9.24 Å². The van der Waals surface area contributed by atoms with Crippen molar-refractivity contribution in [1.29, 1.82) is 5.26 Å². The molecule has 0 fully saturated rings.